The Bertz CT molecular complexity index is 1210. The first-order valence-corrected chi connectivity index (χ1v) is 9.26. The molecule has 6 nitrogen and oxygen atoms in total. The van der Waals surface area contributed by atoms with Gasteiger partial charge in [-0.25, -0.2) is 14.4 Å². The zero-order valence-electron chi connectivity index (χ0n) is 15.7. The second-order valence-electron chi connectivity index (χ2n) is 6.68. The number of carbonyl (C=O) groups is 1. The number of hydrogen-bond acceptors (Lipinski definition) is 4. The number of nitrogens with one attached hydrogen (secondary N) is 1. The molecule has 0 radical (unpaired) electrons. The van der Waals surface area contributed by atoms with Gasteiger partial charge >= 0.3 is 0 Å². The molecule has 7 heteroatoms. The predicted molar refractivity (Wildman–Crippen MR) is 112 cm³/mol. The monoisotopic (exact) mass is 389 g/mol. The minimum Gasteiger partial charge on any atom is -0.384 e. The van der Waals surface area contributed by atoms with E-state index in [4.69, 9.17) is 5.73 Å². The minimum atomic E-state index is -0.318. The lowest BCUT2D eigenvalue weighted by molar-refractivity contribution is 0.0956. The van der Waals surface area contributed by atoms with E-state index in [1.54, 1.807) is 22.8 Å². The first-order valence-electron chi connectivity index (χ1n) is 9.26. The Labute approximate surface area is 166 Å². The van der Waals surface area contributed by atoms with E-state index in [0.29, 0.717) is 47.6 Å². The molecule has 0 atom stereocenters. The molecule has 4 aromatic rings. The number of carbonyl (C=O) groups excluding carboxylic acids is 1. The normalized spacial score (nSPS) is 11.1. The van der Waals surface area contributed by atoms with Crippen LogP contribution >= 0.6 is 0 Å². The van der Waals surface area contributed by atoms with Crippen molar-refractivity contribution >= 4 is 33.9 Å². The van der Waals surface area contributed by atoms with E-state index in [9.17, 15) is 9.18 Å². The lowest BCUT2D eigenvalue weighted by Gasteiger charge is -2.06. The lowest BCUT2D eigenvalue weighted by Crippen LogP contribution is -2.26. The number of fused-ring (bicyclic) bond motifs is 2. The summed E-state index contributed by atoms with van der Waals surface area (Å²) in [5.74, 6) is -0.303. The quantitative estimate of drug-likeness (QED) is 0.495. The number of rotatable bonds is 6. The van der Waals surface area contributed by atoms with E-state index in [2.05, 4.69) is 21.9 Å². The van der Waals surface area contributed by atoms with E-state index in [1.807, 2.05) is 24.3 Å². The molecular formula is C22H20FN5O. The van der Waals surface area contributed by atoms with Crippen molar-refractivity contribution < 1.29 is 9.18 Å². The van der Waals surface area contributed by atoms with Crippen LogP contribution < -0.4 is 11.1 Å². The Morgan fingerprint density at radius 2 is 1.83 bits per heavy atom. The van der Waals surface area contributed by atoms with E-state index >= 15 is 0 Å². The molecule has 1 amide bonds. The number of hydrogen-bond donors (Lipinski definition) is 2. The molecule has 0 aliphatic carbocycles. The summed E-state index contributed by atoms with van der Waals surface area (Å²) in [6.07, 6.45) is 2.27. The molecule has 0 aliphatic rings. The Kier molecular flexibility index (Phi) is 4.95. The number of allylic oxidation sites excluding steroid dienone is 1. The standard InChI is InChI=1S/C22H20FN5O/c1-2-13-28-20(24)18(19-21(28)27-17-6-4-3-5-16(17)26-19)22(29)25-12-11-14-7-9-15(23)10-8-14/h2-10H,1,11-13,24H2,(H,25,29). The van der Waals surface area contributed by atoms with Crippen LogP contribution in [0.5, 0.6) is 0 Å². The third kappa shape index (κ3) is 3.54. The summed E-state index contributed by atoms with van der Waals surface area (Å²) in [6, 6.07) is 13.7. The third-order valence-corrected chi connectivity index (χ3v) is 4.74. The summed E-state index contributed by atoms with van der Waals surface area (Å²) in [5.41, 5.74) is 9.96. The van der Waals surface area contributed by atoms with E-state index in [1.165, 1.54) is 12.1 Å². The molecule has 2 aromatic heterocycles. The molecule has 0 unspecified atom stereocenters. The van der Waals surface area contributed by atoms with Crippen molar-refractivity contribution in [3.63, 3.8) is 0 Å². The maximum atomic E-state index is 13.0. The molecule has 146 valence electrons. The lowest BCUT2D eigenvalue weighted by atomic mass is 10.1. The summed E-state index contributed by atoms with van der Waals surface area (Å²) >= 11 is 0. The van der Waals surface area contributed by atoms with Gasteiger partial charge in [-0.15, -0.1) is 6.58 Å². The number of amides is 1. The molecule has 0 bridgehead atoms. The van der Waals surface area contributed by atoms with Gasteiger partial charge in [0.2, 0.25) is 0 Å². The van der Waals surface area contributed by atoms with Crippen LogP contribution in [-0.4, -0.2) is 27.0 Å². The van der Waals surface area contributed by atoms with Gasteiger partial charge in [0.1, 0.15) is 22.7 Å². The topological polar surface area (TPSA) is 85.8 Å². The van der Waals surface area contributed by atoms with Gasteiger partial charge in [-0.3, -0.25) is 4.79 Å². The highest BCUT2D eigenvalue weighted by molar-refractivity contribution is 6.10. The van der Waals surface area contributed by atoms with Gasteiger partial charge in [0.25, 0.3) is 5.91 Å². The maximum absolute atomic E-state index is 13.0. The number of para-hydroxylation sites is 2. The summed E-state index contributed by atoms with van der Waals surface area (Å²) in [4.78, 5) is 22.2. The van der Waals surface area contributed by atoms with Crippen molar-refractivity contribution in [2.24, 2.45) is 0 Å². The van der Waals surface area contributed by atoms with E-state index in [-0.39, 0.29) is 11.7 Å². The van der Waals surface area contributed by atoms with E-state index in [0.717, 1.165) is 11.1 Å². The van der Waals surface area contributed by atoms with Crippen molar-refractivity contribution in [2.45, 2.75) is 13.0 Å². The highest BCUT2D eigenvalue weighted by Crippen LogP contribution is 2.27. The van der Waals surface area contributed by atoms with Gasteiger partial charge in [-0.05, 0) is 36.2 Å². The second-order valence-corrected chi connectivity index (χ2v) is 6.68. The molecule has 2 aromatic carbocycles. The Morgan fingerprint density at radius 1 is 1.14 bits per heavy atom. The van der Waals surface area contributed by atoms with Crippen molar-refractivity contribution in [1.29, 1.82) is 0 Å². The zero-order chi connectivity index (χ0) is 20.4. The minimum absolute atomic E-state index is 0.286. The van der Waals surface area contributed by atoms with Crippen LogP contribution in [0.15, 0.2) is 61.2 Å². The number of halogens is 1. The molecule has 29 heavy (non-hydrogen) atoms. The Hall–Kier alpha value is -3.74. The zero-order valence-corrected chi connectivity index (χ0v) is 15.7. The van der Waals surface area contributed by atoms with Crippen LogP contribution in [0.3, 0.4) is 0 Å². The highest BCUT2D eigenvalue weighted by Gasteiger charge is 2.23. The number of nitrogen functional groups attached to an aromatic ring is 1. The molecule has 2 heterocycles. The number of aromatic nitrogens is 3. The summed E-state index contributed by atoms with van der Waals surface area (Å²) in [6.45, 7) is 4.56. The summed E-state index contributed by atoms with van der Waals surface area (Å²) in [5, 5.41) is 2.88. The maximum Gasteiger partial charge on any atom is 0.257 e. The summed E-state index contributed by atoms with van der Waals surface area (Å²) in [7, 11) is 0. The van der Waals surface area contributed by atoms with Crippen molar-refractivity contribution in [1.82, 2.24) is 19.9 Å². The SMILES string of the molecule is C=CCn1c(N)c(C(=O)NCCc2ccc(F)cc2)c2nc3ccccc3nc21. The third-order valence-electron chi connectivity index (χ3n) is 4.74. The fourth-order valence-electron chi connectivity index (χ4n) is 3.31. The largest absolute Gasteiger partial charge is 0.384 e. The number of benzene rings is 2. The van der Waals surface area contributed by atoms with E-state index < -0.39 is 0 Å². The van der Waals surface area contributed by atoms with Crippen LogP contribution in [0.2, 0.25) is 0 Å². The highest BCUT2D eigenvalue weighted by atomic mass is 19.1. The average Bonchev–Trinajstić information content (AvgIpc) is 2.99. The van der Waals surface area contributed by atoms with Gasteiger partial charge in [-0.2, -0.15) is 0 Å². The number of anilines is 1. The van der Waals surface area contributed by atoms with Crippen LogP contribution in [-0.2, 0) is 13.0 Å². The number of nitrogens with zero attached hydrogens (tertiary/aromatic N) is 3. The molecule has 0 saturated heterocycles. The van der Waals surface area contributed by atoms with Crippen molar-refractivity contribution in [3.05, 3.63) is 78.1 Å². The first kappa shape index (κ1) is 18.6. The van der Waals surface area contributed by atoms with Crippen molar-refractivity contribution in [2.75, 3.05) is 12.3 Å². The van der Waals surface area contributed by atoms with Crippen LogP contribution in [0, 0.1) is 5.82 Å². The fourth-order valence-corrected chi connectivity index (χ4v) is 3.31. The van der Waals surface area contributed by atoms with Gasteiger partial charge in [0.05, 0.1) is 11.0 Å². The second kappa shape index (κ2) is 7.71. The predicted octanol–water partition coefficient (Wildman–Crippen LogP) is 3.46. The van der Waals surface area contributed by atoms with Crippen molar-refractivity contribution in [3.8, 4) is 0 Å². The molecule has 0 saturated carbocycles. The van der Waals surface area contributed by atoms with Crippen LogP contribution in [0.4, 0.5) is 10.2 Å². The molecular weight excluding hydrogens is 369 g/mol. The van der Waals surface area contributed by atoms with Crippen LogP contribution in [0.1, 0.15) is 15.9 Å². The van der Waals surface area contributed by atoms with Gasteiger partial charge < -0.3 is 15.6 Å². The van der Waals surface area contributed by atoms with Gasteiger partial charge in [0, 0.05) is 13.1 Å². The molecule has 0 fully saturated rings. The summed E-state index contributed by atoms with van der Waals surface area (Å²) < 4.78 is 14.8. The van der Waals surface area contributed by atoms with Gasteiger partial charge in [-0.1, -0.05) is 30.3 Å². The van der Waals surface area contributed by atoms with Crippen LogP contribution in [0.25, 0.3) is 22.2 Å². The average molecular weight is 389 g/mol. The molecule has 0 aliphatic heterocycles. The molecule has 0 spiro atoms. The van der Waals surface area contributed by atoms with Gasteiger partial charge in [0.15, 0.2) is 5.65 Å². The Balaban J connectivity index is 1.66. The number of nitrogens with two attached hydrogens (primary N) is 1. The molecule has 3 N–H and O–H groups in total. The Morgan fingerprint density at radius 3 is 2.52 bits per heavy atom. The molecule has 4 rings (SSSR count). The first-order chi connectivity index (χ1) is 14.1. The smallest absolute Gasteiger partial charge is 0.257 e. The fraction of sp³-hybridized carbons (Fsp3) is 0.136.